The van der Waals surface area contributed by atoms with E-state index < -0.39 is 0 Å². The van der Waals surface area contributed by atoms with Crippen LogP contribution in [-0.2, 0) is 13.1 Å². The number of rotatable bonds is 6. The average Bonchev–Trinajstić information content (AvgIpc) is 2.73. The van der Waals surface area contributed by atoms with Crippen LogP contribution >= 0.6 is 0 Å². The lowest BCUT2D eigenvalue weighted by Gasteiger charge is -2.33. The van der Waals surface area contributed by atoms with Crippen molar-refractivity contribution in [3.8, 4) is 0 Å². The summed E-state index contributed by atoms with van der Waals surface area (Å²) in [5.41, 5.74) is 2.55. The number of hydrogen-bond acceptors (Lipinski definition) is 4. The second kappa shape index (κ2) is 10.1. The third-order valence-corrected chi connectivity index (χ3v) is 5.14. The minimum absolute atomic E-state index is 0.459. The van der Waals surface area contributed by atoms with E-state index in [0.29, 0.717) is 12.6 Å². The summed E-state index contributed by atoms with van der Waals surface area (Å²) in [5.74, 6) is 1.84. The summed E-state index contributed by atoms with van der Waals surface area (Å²) in [4.78, 5) is 13.4. The van der Waals surface area contributed by atoms with Crippen molar-refractivity contribution in [3.63, 3.8) is 0 Å². The molecule has 1 saturated heterocycles. The fraction of sp³-hybridized carbons (Fsp3) is 0.455. The molecule has 3 rings (SSSR count). The van der Waals surface area contributed by atoms with Crippen LogP contribution in [0.3, 0.4) is 0 Å². The third-order valence-electron chi connectivity index (χ3n) is 5.14. The molecule has 6 heteroatoms. The Hall–Kier alpha value is -2.60. The Morgan fingerprint density at radius 3 is 2.57 bits per heavy atom. The predicted molar refractivity (Wildman–Crippen MR) is 117 cm³/mol. The highest BCUT2D eigenvalue weighted by Gasteiger charge is 2.20. The Kier molecular flexibility index (Phi) is 7.25. The number of nitrogens with one attached hydrogen (secondary N) is 2. The first-order valence-corrected chi connectivity index (χ1v) is 10.0. The van der Waals surface area contributed by atoms with E-state index in [-0.39, 0.29) is 0 Å². The summed E-state index contributed by atoms with van der Waals surface area (Å²) >= 11 is 0. The number of likely N-dealkylation sites (tertiary alicyclic amines) is 1. The van der Waals surface area contributed by atoms with Crippen molar-refractivity contribution in [1.82, 2.24) is 20.5 Å². The second-order valence-corrected chi connectivity index (χ2v) is 7.49. The number of pyridine rings is 1. The summed E-state index contributed by atoms with van der Waals surface area (Å²) < 4.78 is 0. The topological polar surface area (TPSA) is 55.8 Å². The monoisotopic (exact) mass is 380 g/mol. The van der Waals surface area contributed by atoms with Crippen LogP contribution < -0.4 is 15.5 Å². The van der Waals surface area contributed by atoms with E-state index in [1.807, 2.05) is 38.3 Å². The van der Waals surface area contributed by atoms with Crippen molar-refractivity contribution in [3.05, 3.63) is 59.8 Å². The van der Waals surface area contributed by atoms with Crippen molar-refractivity contribution < 1.29 is 0 Å². The largest absolute Gasteiger partial charge is 0.362 e. The van der Waals surface area contributed by atoms with E-state index in [1.165, 1.54) is 5.56 Å². The molecule has 0 aliphatic carbocycles. The molecule has 0 radical (unpaired) electrons. The van der Waals surface area contributed by atoms with E-state index in [0.717, 1.165) is 49.8 Å². The number of guanidine groups is 1. The molecular formula is C22H32N6. The Bertz CT molecular complexity index is 751. The van der Waals surface area contributed by atoms with Gasteiger partial charge in [0.2, 0.25) is 0 Å². The second-order valence-electron chi connectivity index (χ2n) is 7.49. The van der Waals surface area contributed by atoms with Gasteiger partial charge in [-0.3, -0.25) is 9.89 Å². The van der Waals surface area contributed by atoms with Gasteiger partial charge in [-0.15, -0.1) is 0 Å². The molecule has 150 valence electrons. The quantitative estimate of drug-likeness (QED) is 0.596. The molecule has 0 amide bonds. The number of benzene rings is 1. The van der Waals surface area contributed by atoms with E-state index in [2.05, 4.69) is 61.9 Å². The predicted octanol–water partition coefficient (Wildman–Crippen LogP) is 2.48. The van der Waals surface area contributed by atoms with Gasteiger partial charge in [-0.25, -0.2) is 4.98 Å². The fourth-order valence-corrected chi connectivity index (χ4v) is 3.61. The Morgan fingerprint density at radius 2 is 1.89 bits per heavy atom. The SMILES string of the molecule is CN=C(NCc1cccnc1N(C)C)NC1CCN(Cc2ccccc2)CC1. The lowest BCUT2D eigenvalue weighted by Crippen LogP contribution is -2.48. The first-order chi connectivity index (χ1) is 13.7. The summed E-state index contributed by atoms with van der Waals surface area (Å²) in [5, 5.41) is 7.03. The van der Waals surface area contributed by atoms with Gasteiger partial charge in [0.05, 0.1) is 0 Å². The van der Waals surface area contributed by atoms with Gasteiger partial charge in [-0.2, -0.15) is 0 Å². The van der Waals surface area contributed by atoms with Crippen LogP contribution in [0.25, 0.3) is 0 Å². The highest BCUT2D eigenvalue weighted by molar-refractivity contribution is 5.80. The molecule has 1 aliphatic heterocycles. The number of piperidine rings is 1. The minimum Gasteiger partial charge on any atom is -0.362 e. The smallest absolute Gasteiger partial charge is 0.191 e. The zero-order valence-electron chi connectivity index (χ0n) is 17.2. The Labute approximate surface area is 168 Å². The van der Waals surface area contributed by atoms with Crippen LogP contribution in [0.15, 0.2) is 53.7 Å². The number of aromatic nitrogens is 1. The molecule has 0 spiro atoms. The molecule has 1 fully saturated rings. The molecule has 2 heterocycles. The third kappa shape index (κ3) is 5.70. The Balaban J connectivity index is 1.46. The van der Waals surface area contributed by atoms with Crippen molar-refractivity contribution in [2.75, 3.05) is 39.1 Å². The van der Waals surface area contributed by atoms with Crippen molar-refractivity contribution in [1.29, 1.82) is 0 Å². The van der Waals surface area contributed by atoms with Crippen molar-refractivity contribution in [2.45, 2.75) is 32.0 Å². The summed E-state index contributed by atoms with van der Waals surface area (Å²) in [6.07, 6.45) is 4.09. The van der Waals surface area contributed by atoms with Gasteiger partial charge < -0.3 is 15.5 Å². The normalized spacial score (nSPS) is 16.0. The molecular weight excluding hydrogens is 348 g/mol. The standard InChI is InChI=1S/C22H32N6/c1-23-22(25-16-19-10-7-13-24-21(19)27(2)3)26-20-11-14-28(15-12-20)17-18-8-5-4-6-9-18/h4-10,13,20H,11-12,14-17H2,1-3H3,(H2,23,25,26). The van der Waals surface area contributed by atoms with E-state index in [4.69, 9.17) is 0 Å². The summed E-state index contributed by atoms with van der Waals surface area (Å²) in [6, 6.07) is 15.2. The van der Waals surface area contributed by atoms with Crippen molar-refractivity contribution in [2.24, 2.45) is 4.99 Å². The molecule has 6 nitrogen and oxygen atoms in total. The molecule has 2 N–H and O–H groups in total. The van der Waals surface area contributed by atoms with Crippen LogP contribution in [0.5, 0.6) is 0 Å². The first-order valence-electron chi connectivity index (χ1n) is 10.0. The number of aliphatic imine (C=N–C) groups is 1. The number of anilines is 1. The zero-order valence-corrected chi connectivity index (χ0v) is 17.2. The van der Waals surface area contributed by atoms with Crippen LogP contribution in [0, 0.1) is 0 Å². The van der Waals surface area contributed by atoms with Gasteiger partial charge >= 0.3 is 0 Å². The van der Waals surface area contributed by atoms with Crippen LogP contribution in [0.1, 0.15) is 24.0 Å². The van der Waals surface area contributed by atoms with Crippen LogP contribution in [0.2, 0.25) is 0 Å². The lowest BCUT2D eigenvalue weighted by molar-refractivity contribution is 0.198. The van der Waals surface area contributed by atoms with Crippen LogP contribution in [-0.4, -0.2) is 56.1 Å². The van der Waals surface area contributed by atoms with E-state index in [1.54, 1.807) is 0 Å². The number of nitrogens with zero attached hydrogens (tertiary/aromatic N) is 4. The van der Waals surface area contributed by atoms with Gasteiger partial charge in [-0.1, -0.05) is 36.4 Å². The lowest BCUT2D eigenvalue weighted by atomic mass is 10.0. The first kappa shape index (κ1) is 20.1. The number of hydrogen-bond donors (Lipinski definition) is 2. The highest BCUT2D eigenvalue weighted by atomic mass is 15.2. The van der Waals surface area contributed by atoms with Gasteiger partial charge in [0.25, 0.3) is 0 Å². The maximum atomic E-state index is 4.46. The summed E-state index contributed by atoms with van der Waals surface area (Å²) in [7, 11) is 5.86. The van der Waals surface area contributed by atoms with E-state index in [9.17, 15) is 0 Å². The minimum atomic E-state index is 0.459. The maximum Gasteiger partial charge on any atom is 0.191 e. The molecule has 28 heavy (non-hydrogen) atoms. The average molecular weight is 381 g/mol. The van der Waals surface area contributed by atoms with E-state index >= 15 is 0 Å². The molecule has 1 aromatic heterocycles. The van der Waals surface area contributed by atoms with Gasteiger partial charge in [0.15, 0.2) is 5.96 Å². The van der Waals surface area contributed by atoms with Crippen LogP contribution in [0.4, 0.5) is 5.82 Å². The molecule has 2 aromatic rings. The Morgan fingerprint density at radius 1 is 1.14 bits per heavy atom. The van der Waals surface area contributed by atoms with Gasteiger partial charge in [0, 0.05) is 65.1 Å². The van der Waals surface area contributed by atoms with Gasteiger partial charge in [-0.05, 0) is 24.5 Å². The van der Waals surface area contributed by atoms with Gasteiger partial charge in [0.1, 0.15) is 5.82 Å². The molecule has 0 unspecified atom stereocenters. The zero-order chi connectivity index (χ0) is 19.8. The molecule has 0 saturated carbocycles. The fourth-order valence-electron chi connectivity index (χ4n) is 3.61. The molecule has 0 atom stereocenters. The summed E-state index contributed by atoms with van der Waals surface area (Å²) in [6.45, 7) is 3.95. The molecule has 1 aromatic carbocycles. The molecule has 1 aliphatic rings. The highest BCUT2D eigenvalue weighted by Crippen LogP contribution is 2.15. The maximum absolute atomic E-state index is 4.46. The molecule has 0 bridgehead atoms. The van der Waals surface area contributed by atoms with Crippen molar-refractivity contribution >= 4 is 11.8 Å².